The van der Waals surface area contributed by atoms with Gasteiger partial charge < -0.3 is 19.5 Å². The third kappa shape index (κ3) is 4.30. The predicted octanol–water partition coefficient (Wildman–Crippen LogP) is 4.11. The maximum absolute atomic E-state index is 13.2. The van der Waals surface area contributed by atoms with Crippen LogP contribution in [0.5, 0.6) is 11.5 Å². The molecule has 2 heterocycles. The number of carbonyl (C=O) groups excluding carboxylic acids is 2. The molecule has 1 aromatic heterocycles. The molecule has 1 N–H and O–H groups in total. The van der Waals surface area contributed by atoms with E-state index in [9.17, 15) is 14.7 Å². The number of rotatable bonds is 7. The molecule has 7 nitrogen and oxygen atoms in total. The summed E-state index contributed by atoms with van der Waals surface area (Å²) in [6.45, 7) is 2.50. The Kier molecular flexibility index (Phi) is 6.40. The summed E-state index contributed by atoms with van der Waals surface area (Å²) in [6, 6.07) is 18.4. The molecular weight excluding hydrogens is 420 g/mol. The first-order valence-electron chi connectivity index (χ1n) is 10.6. The summed E-state index contributed by atoms with van der Waals surface area (Å²) < 4.78 is 11.0. The zero-order chi connectivity index (χ0) is 23.4. The van der Waals surface area contributed by atoms with Gasteiger partial charge in [0.25, 0.3) is 11.7 Å². The molecule has 0 spiro atoms. The molecule has 0 bridgehead atoms. The van der Waals surface area contributed by atoms with E-state index in [1.165, 1.54) is 12.0 Å². The van der Waals surface area contributed by atoms with Gasteiger partial charge in [-0.3, -0.25) is 14.6 Å². The van der Waals surface area contributed by atoms with Crippen LogP contribution in [-0.2, 0) is 16.1 Å². The van der Waals surface area contributed by atoms with Crippen LogP contribution in [0.25, 0.3) is 5.76 Å². The van der Waals surface area contributed by atoms with Gasteiger partial charge in [-0.1, -0.05) is 24.3 Å². The molecule has 1 unspecified atom stereocenters. The highest BCUT2D eigenvalue weighted by Crippen LogP contribution is 2.43. The second-order valence-corrected chi connectivity index (χ2v) is 7.45. The topological polar surface area (TPSA) is 89.0 Å². The normalized spacial score (nSPS) is 17.3. The molecule has 4 rings (SSSR count). The zero-order valence-corrected chi connectivity index (χ0v) is 18.4. The summed E-state index contributed by atoms with van der Waals surface area (Å²) in [7, 11) is 1.52. The van der Waals surface area contributed by atoms with Crippen molar-refractivity contribution in [2.75, 3.05) is 13.7 Å². The number of aromatic nitrogens is 1. The summed E-state index contributed by atoms with van der Waals surface area (Å²) >= 11 is 0. The molecule has 0 aliphatic carbocycles. The largest absolute Gasteiger partial charge is 0.507 e. The number of amides is 1. The number of hydrogen-bond acceptors (Lipinski definition) is 6. The summed E-state index contributed by atoms with van der Waals surface area (Å²) in [4.78, 5) is 32.0. The molecule has 1 saturated heterocycles. The van der Waals surface area contributed by atoms with Crippen LogP contribution >= 0.6 is 0 Å². The van der Waals surface area contributed by atoms with Gasteiger partial charge in [0.05, 0.1) is 37.6 Å². The lowest BCUT2D eigenvalue weighted by Gasteiger charge is -2.26. The van der Waals surface area contributed by atoms with Gasteiger partial charge in [0.1, 0.15) is 17.3 Å². The average molecular weight is 444 g/mol. The fourth-order valence-electron chi connectivity index (χ4n) is 3.96. The first-order chi connectivity index (χ1) is 16.0. The molecule has 168 valence electrons. The van der Waals surface area contributed by atoms with E-state index in [-0.39, 0.29) is 17.9 Å². The van der Waals surface area contributed by atoms with Gasteiger partial charge in [0.15, 0.2) is 0 Å². The van der Waals surface area contributed by atoms with E-state index in [1.54, 1.807) is 66.9 Å². The second kappa shape index (κ2) is 9.56. The maximum atomic E-state index is 13.2. The van der Waals surface area contributed by atoms with Crippen molar-refractivity contribution >= 4 is 17.4 Å². The lowest BCUT2D eigenvalue weighted by atomic mass is 9.94. The van der Waals surface area contributed by atoms with Gasteiger partial charge in [-0.05, 0) is 49.4 Å². The Morgan fingerprint density at radius 2 is 1.76 bits per heavy atom. The van der Waals surface area contributed by atoms with Crippen molar-refractivity contribution in [3.63, 3.8) is 0 Å². The van der Waals surface area contributed by atoms with Crippen LogP contribution < -0.4 is 9.47 Å². The molecular formula is C26H24N2O5. The quantitative estimate of drug-likeness (QED) is 0.335. The fraction of sp³-hybridized carbons (Fsp3) is 0.192. The highest BCUT2D eigenvalue weighted by atomic mass is 16.5. The zero-order valence-electron chi connectivity index (χ0n) is 18.4. The van der Waals surface area contributed by atoms with Crippen LogP contribution in [0, 0.1) is 0 Å². The van der Waals surface area contributed by atoms with E-state index in [0.29, 0.717) is 34.9 Å². The number of aliphatic hydroxyl groups is 1. The van der Waals surface area contributed by atoms with Crippen molar-refractivity contribution in [2.24, 2.45) is 0 Å². The highest BCUT2D eigenvalue weighted by Gasteiger charge is 2.47. The molecule has 0 saturated carbocycles. The van der Waals surface area contributed by atoms with Gasteiger partial charge in [0, 0.05) is 17.3 Å². The number of hydrogen-bond donors (Lipinski definition) is 1. The molecule has 1 aliphatic rings. The third-order valence-electron chi connectivity index (χ3n) is 5.47. The summed E-state index contributed by atoms with van der Waals surface area (Å²) in [5.41, 5.74) is 1.64. The molecule has 1 aliphatic heterocycles. The van der Waals surface area contributed by atoms with Gasteiger partial charge >= 0.3 is 0 Å². The molecule has 0 radical (unpaired) electrons. The Labute approximate surface area is 191 Å². The molecule has 1 fully saturated rings. The molecule has 3 aromatic rings. The standard InChI is InChI=1S/C26H24N2O5/c1-3-33-19-13-11-17(12-14-19)24(29)22-23(20-9-4-5-10-21(20)32-2)28(26(31)25(22)30)16-18-8-6-7-15-27-18/h4-15,23,29H,3,16H2,1-2H3/b24-22-. The van der Waals surface area contributed by atoms with Crippen LogP contribution in [0.4, 0.5) is 0 Å². The van der Waals surface area contributed by atoms with E-state index >= 15 is 0 Å². The van der Waals surface area contributed by atoms with E-state index < -0.39 is 17.7 Å². The van der Waals surface area contributed by atoms with Crippen LogP contribution in [0.3, 0.4) is 0 Å². The number of pyridine rings is 1. The second-order valence-electron chi connectivity index (χ2n) is 7.45. The lowest BCUT2D eigenvalue weighted by Crippen LogP contribution is -2.29. The summed E-state index contributed by atoms with van der Waals surface area (Å²) in [6.07, 6.45) is 1.63. The van der Waals surface area contributed by atoms with Gasteiger partial charge in [-0.2, -0.15) is 0 Å². The first kappa shape index (κ1) is 22.1. The molecule has 1 amide bonds. The molecule has 2 aromatic carbocycles. The SMILES string of the molecule is CCOc1ccc(/C(O)=C2/C(=O)C(=O)N(Cc3ccccn3)C2c2ccccc2OC)cc1. The Morgan fingerprint density at radius 3 is 2.42 bits per heavy atom. The summed E-state index contributed by atoms with van der Waals surface area (Å²) in [5.74, 6) is -0.563. The third-order valence-corrected chi connectivity index (χ3v) is 5.47. The minimum Gasteiger partial charge on any atom is -0.507 e. The minimum absolute atomic E-state index is 0.00425. The van der Waals surface area contributed by atoms with E-state index in [2.05, 4.69) is 4.98 Å². The van der Waals surface area contributed by atoms with Crippen molar-refractivity contribution in [3.05, 3.63) is 95.3 Å². The smallest absolute Gasteiger partial charge is 0.296 e. The number of likely N-dealkylation sites (tertiary alicyclic amines) is 1. The van der Waals surface area contributed by atoms with E-state index in [1.807, 2.05) is 13.0 Å². The predicted molar refractivity (Wildman–Crippen MR) is 123 cm³/mol. The van der Waals surface area contributed by atoms with Gasteiger partial charge in [0.2, 0.25) is 0 Å². The number of carbonyl (C=O) groups is 2. The van der Waals surface area contributed by atoms with Gasteiger partial charge in [-0.15, -0.1) is 0 Å². The van der Waals surface area contributed by atoms with Crippen LogP contribution in [0.2, 0.25) is 0 Å². The summed E-state index contributed by atoms with van der Waals surface area (Å²) in [5, 5.41) is 11.2. The average Bonchev–Trinajstić information content (AvgIpc) is 3.09. The Balaban J connectivity index is 1.85. The van der Waals surface area contributed by atoms with Crippen molar-refractivity contribution in [3.8, 4) is 11.5 Å². The van der Waals surface area contributed by atoms with Crippen LogP contribution in [0.1, 0.15) is 29.8 Å². The Bertz CT molecular complexity index is 1190. The van der Waals surface area contributed by atoms with Crippen molar-refractivity contribution in [2.45, 2.75) is 19.5 Å². The van der Waals surface area contributed by atoms with Gasteiger partial charge in [-0.25, -0.2) is 0 Å². The van der Waals surface area contributed by atoms with Crippen molar-refractivity contribution in [1.82, 2.24) is 9.88 Å². The van der Waals surface area contributed by atoms with Crippen LogP contribution in [0.15, 0.2) is 78.5 Å². The van der Waals surface area contributed by atoms with E-state index in [4.69, 9.17) is 9.47 Å². The first-order valence-corrected chi connectivity index (χ1v) is 10.6. The van der Waals surface area contributed by atoms with Crippen molar-refractivity contribution in [1.29, 1.82) is 0 Å². The molecule has 1 atom stereocenters. The lowest BCUT2D eigenvalue weighted by molar-refractivity contribution is -0.140. The fourth-order valence-corrected chi connectivity index (χ4v) is 3.96. The number of methoxy groups -OCH3 is 1. The Hall–Kier alpha value is -4.13. The number of para-hydroxylation sites is 1. The molecule has 7 heteroatoms. The highest BCUT2D eigenvalue weighted by molar-refractivity contribution is 6.46. The maximum Gasteiger partial charge on any atom is 0.296 e. The number of ether oxygens (including phenoxy) is 2. The number of benzene rings is 2. The van der Waals surface area contributed by atoms with Crippen LogP contribution in [-0.4, -0.2) is 40.4 Å². The monoisotopic (exact) mass is 444 g/mol. The van der Waals surface area contributed by atoms with E-state index in [0.717, 1.165) is 0 Å². The number of ketones is 1. The minimum atomic E-state index is -0.838. The Morgan fingerprint density at radius 1 is 1.03 bits per heavy atom. The number of aliphatic hydroxyl groups excluding tert-OH is 1. The van der Waals surface area contributed by atoms with Crippen molar-refractivity contribution < 1.29 is 24.2 Å². The number of Topliss-reactive ketones (excluding diaryl/α,β-unsaturated/α-hetero) is 1. The number of nitrogens with zero attached hydrogens (tertiary/aromatic N) is 2. The molecule has 33 heavy (non-hydrogen) atoms.